The van der Waals surface area contributed by atoms with Gasteiger partial charge in [0.1, 0.15) is 5.92 Å². The zero-order chi connectivity index (χ0) is 19.1. The summed E-state index contributed by atoms with van der Waals surface area (Å²) in [7, 11) is 1.36. The summed E-state index contributed by atoms with van der Waals surface area (Å²) in [5.41, 5.74) is 1.67. The predicted octanol–water partition coefficient (Wildman–Crippen LogP) is 5.04. The summed E-state index contributed by atoms with van der Waals surface area (Å²) in [6.07, 6.45) is -0.972. The molecule has 1 unspecified atom stereocenters. The summed E-state index contributed by atoms with van der Waals surface area (Å²) in [6.45, 7) is 0. The molecule has 0 bridgehead atoms. The lowest BCUT2D eigenvalue weighted by molar-refractivity contribution is -0.149. The van der Waals surface area contributed by atoms with E-state index in [1.165, 1.54) is 7.11 Å². The minimum atomic E-state index is -0.972. The molecule has 0 aliphatic heterocycles. The monoisotopic (exact) mass is 378 g/mol. The van der Waals surface area contributed by atoms with Crippen molar-refractivity contribution in [1.29, 1.82) is 0 Å². The molecule has 0 saturated carbocycles. The summed E-state index contributed by atoms with van der Waals surface area (Å²) in [5, 5.41) is 10.8. The first-order valence-corrected chi connectivity index (χ1v) is 9.66. The fraction of sp³-hybridized carbons (Fsp3) is 0.174. The van der Waals surface area contributed by atoms with Gasteiger partial charge in [0.2, 0.25) is 0 Å². The summed E-state index contributed by atoms with van der Waals surface area (Å²) in [4.78, 5) is 13.8. The number of ether oxygens (including phenoxy) is 1. The molecule has 0 aliphatic carbocycles. The molecule has 0 amide bonds. The van der Waals surface area contributed by atoms with E-state index in [0.717, 1.165) is 10.5 Å². The molecule has 138 valence electrons. The van der Waals surface area contributed by atoms with Gasteiger partial charge < -0.3 is 9.84 Å². The summed E-state index contributed by atoms with van der Waals surface area (Å²) < 4.78 is 5.08. The van der Waals surface area contributed by atoms with Crippen LogP contribution in [0.15, 0.2) is 95.9 Å². The number of carbonyl (C=O) groups excluding carboxylic acids is 1. The highest BCUT2D eigenvalue weighted by Gasteiger charge is 2.38. The van der Waals surface area contributed by atoms with Gasteiger partial charge in [-0.3, -0.25) is 4.79 Å². The number of esters is 1. The van der Waals surface area contributed by atoms with E-state index >= 15 is 0 Å². The van der Waals surface area contributed by atoms with Gasteiger partial charge in [-0.15, -0.1) is 11.8 Å². The number of aliphatic hydroxyl groups is 1. The molecule has 1 N–H and O–H groups in total. The van der Waals surface area contributed by atoms with Crippen LogP contribution in [-0.2, 0) is 9.53 Å². The average molecular weight is 378 g/mol. The molecule has 4 heteroatoms. The van der Waals surface area contributed by atoms with Crippen LogP contribution in [0.3, 0.4) is 0 Å². The van der Waals surface area contributed by atoms with Crippen molar-refractivity contribution < 1.29 is 14.6 Å². The second-order valence-electron chi connectivity index (χ2n) is 6.17. The quantitative estimate of drug-likeness (QED) is 0.462. The highest BCUT2D eigenvalue weighted by atomic mass is 32.2. The second-order valence-corrected chi connectivity index (χ2v) is 7.38. The van der Waals surface area contributed by atoms with Crippen molar-refractivity contribution in [1.82, 2.24) is 0 Å². The van der Waals surface area contributed by atoms with Crippen molar-refractivity contribution in [3.8, 4) is 0 Å². The Labute approximate surface area is 164 Å². The van der Waals surface area contributed by atoms with Gasteiger partial charge in [0.25, 0.3) is 0 Å². The molecule has 0 spiro atoms. The van der Waals surface area contributed by atoms with Crippen LogP contribution in [0.5, 0.6) is 0 Å². The predicted molar refractivity (Wildman–Crippen MR) is 108 cm³/mol. The van der Waals surface area contributed by atoms with E-state index in [1.807, 2.05) is 91.0 Å². The molecule has 3 atom stereocenters. The summed E-state index contributed by atoms with van der Waals surface area (Å²) >= 11 is 1.56. The van der Waals surface area contributed by atoms with Crippen molar-refractivity contribution >= 4 is 17.7 Å². The Hall–Kier alpha value is -2.56. The van der Waals surface area contributed by atoms with Gasteiger partial charge in [0.15, 0.2) is 0 Å². The van der Waals surface area contributed by atoms with Gasteiger partial charge in [-0.2, -0.15) is 0 Å². The van der Waals surface area contributed by atoms with Gasteiger partial charge in [-0.05, 0) is 23.3 Å². The van der Waals surface area contributed by atoms with Crippen LogP contribution in [0.25, 0.3) is 0 Å². The Morgan fingerprint density at radius 2 is 1.30 bits per heavy atom. The van der Waals surface area contributed by atoms with Crippen molar-refractivity contribution in [2.75, 3.05) is 7.11 Å². The number of hydrogen-bond acceptors (Lipinski definition) is 4. The van der Waals surface area contributed by atoms with E-state index in [9.17, 15) is 9.90 Å². The Kier molecular flexibility index (Phi) is 6.69. The molecule has 3 aromatic carbocycles. The van der Waals surface area contributed by atoms with Crippen molar-refractivity contribution in [2.24, 2.45) is 5.92 Å². The standard InChI is InChI=1S/C23H22O3S/c1-26-23(25)20(21(24)17-11-5-2-6-12-17)22(18-13-7-3-8-14-18)27-19-15-9-4-10-16-19/h2-16,20-22,24H,1H3/t20-,21?,22-/m1/s1. The highest BCUT2D eigenvalue weighted by molar-refractivity contribution is 7.99. The molecule has 0 heterocycles. The maximum atomic E-state index is 12.7. The van der Waals surface area contributed by atoms with E-state index < -0.39 is 18.0 Å². The molecular formula is C23H22O3S. The SMILES string of the molecule is COC(=O)[C@H](C(O)c1ccccc1)[C@H](Sc1ccccc1)c1ccccc1. The van der Waals surface area contributed by atoms with Gasteiger partial charge in [0, 0.05) is 4.90 Å². The maximum absolute atomic E-state index is 12.7. The number of benzene rings is 3. The first kappa shape index (κ1) is 19.2. The van der Waals surface area contributed by atoms with E-state index in [4.69, 9.17) is 4.74 Å². The summed E-state index contributed by atoms with van der Waals surface area (Å²) in [5.74, 6) is -1.17. The van der Waals surface area contributed by atoms with Crippen LogP contribution in [0.1, 0.15) is 22.5 Å². The number of aliphatic hydroxyl groups excluding tert-OH is 1. The largest absolute Gasteiger partial charge is 0.469 e. The van der Waals surface area contributed by atoms with Gasteiger partial charge in [-0.25, -0.2) is 0 Å². The van der Waals surface area contributed by atoms with Crippen LogP contribution in [0.4, 0.5) is 0 Å². The van der Waals surface area contributed by atoms with Crippen molar-refractivity contribution in [3.05, 3.63) is 102 Å². The lowest BCUT2D eigenvalue weighted by Crippen LogP contribution is -2.28. The number of carbonyl (C=O) groups is 1. The van der Waals surface area contributed by atoms with Gasteiger partial charge in [-0.1, -0.05) is 78.9 Å². The molecule has 0 aromatic heterocycles. The average Bonchev–Trinajstić information content (AvgIpc) is 2.75. The van der Waals surface area contributed by atoms with Crippen LogP contribution in [0, 0.1) is 5.92 Å². The zero-order valence-corrected chi connectivity index (χ0v) is 15.9. The number of methoxy groups -OCH3 is 1. The Balaban J connectivity index is 2.03. The smallest absolute Gasteiger partial charge is 0.313 e. The highest BCUT2D eigenvalue weighted by Crippen LogP contribution is 2.45. The van der Waals surface area contributed by atoms with Crippen LogP contribution in [-0.4, -0.2) is 18.2 Å². The molecule has 3 nitrogen and oxygen atoms in total. The summed E-state index contributed by atoms with van der Waals surface area (Å²) in [6, 6.07) is 28.9. The van der Waals surface area contributed by atoms with Crippen molar-refractivity contribution in [3.63, 3.8) is 0 Å². The lowest BCUT2D eigenvalue weighted by Gasteiger charge is -2.29. The second kappa shape index (κ2) is 9.40. The van der Waals surface area contributed by atoms with Gasteiger partial charge in [0.05, 0.1) is 18.5 Å². The Morgan fingerprint density at radius 3 is 1.81 bits per heavy atom. The minimum Gasteiger partial charge on any atom is -0.469 e. The number of thioether (sulfide) groups is 1. The molecule has 0 saturated heterocycles. The zero-order valence-electron chi connectivity index (χ0n) is 15.1. The Bertz CT molecular complexity index is 837. The van der Waals surface area contributed by atoms with E-state index in [2.05, 4.69) is 0 Å². The third-order valence-corrected chi connectivity index (χ3v) is 5.78. The molecular weight excluding hydrogens is 356 g/mol. The normalized spacial score (nSPS) is 14.1. The fourth-order valence-electron chi connectivity index (χ4n) is 3.05. The number of rotatable bonds is 7. The van der Waals surface area contributed by atoms with E-state index in [0.29, 0.717) is 5.56 Å². The van der Waals surface area contributed by atoms with Crippen LogP contribution < -0.4 is 0 Å². The van der Waals surface area contributed by atoms with E-state index in [1.54, 1.807) is 11.8 Å². The first-order valence-electron chi connectivity index (χ1n) is 8.78. The first-order chi connectivity index (χ1) is 13.2. The third kappa shape index (κ3) is 4.79. The van der Waals surface area contributed by atoms with Crippen LogP contribution >= 0.6 is 11.8 Å². The number of hydrogen-bond donors (Lipinski definition) is 1. The minimum absolute atomic E-state index is 0.295. The molecule has 0 aliphatic rings. The van der Waals surface area contributed by atoms with Crippen LogP contribution in [0.2, 0.25) is 0 Å². The maximum Gasteiger partial charge on any atom is 0.313 e. The molecule has 27 heavy (non-hydrogen) atoms. The molecule has 0 fully saturated rings. The topological polar surface area (TPSA) is 46.5 Å². The van der Waals surface area contributed by atoms with E-state index in [-0.39, 0.29) is 5.25 Å². The lowest BCUT2D eigenvalue weighted by atomic mass is 9.89. The fourth-order valence-corrected chi connectivity index (χ4v) is 4.36. The van der Waals surface area contributed by atoms with Crippen molar-refractivity contribution in [2.45, 2.75) is 16.2 Å². The molecule has 3 aromatic rings. The third-order valence-electron chi connectivity index (χ3n) is 4.42. The molecule has 0 radical (unpaired) electrons. The molecule has 3 rings (SSSR count). The Morgan fingerprint density at radius 1 is 0.815 bits per heavy atom. The van der Waals surface area contributed by atoms with Gasteiger partial charge >= 0.3 is 5.97 Å².